The third-order valence-electron chi connectivity index (χ3n) is 2.47. The van der Waals surface area contributed by atoms with Crippen LogP contribution in [0.4, 0.5) is 4.39 Å². The van der Waals surface area contributed by atoms with Crippen molar-refractivity contribution in [3.8, 4) is 0 Å². The molecule has 0 atom stereocenters. The number of hydrogen-bond acceptors (Lipinski definition) is 3. The molecule has 3 N–H and O–H groups in total. The largest absolute Gasteiger partial charge is 0.409 e. The fourth-order valence-electron chi connectivity index (χ4n) is 1.45. The molecule has 0 saturated heterocycles. The Kier molecular flexibility index (Phi) is 5.58. The molecule has 1 aromatic carbocycles. The van der Waals surface area contributed by atoms with E-state index < -0.39 is 5.82 Å². The standard InChI is InChI=1S/C13H19FN2O2/c1-9(2)3-4-18-8-10-5-11(13(15)16-17)7-12(14)6-10/h5-7,9,17H,3-4,8H2,1-2H3,(H2,15,16). The number of oxime groups is 1. The summed E-state index contributed by atoms with van der Waals surface area (Å²) in [7, 11) is 0. The van der Waals surface area contributed by atoms with Crippen LogP contribution in [0.1, 0.15) is 31.4 Å². The molecule has 0 aliphatic rings. The van der Waals surface area contributed by atoms with Crippen LogP contribution in [0, 0.1) is 11.7 Å². The molecule has 0 radical (unpaired) electrons. The van der Waals surface area contributed by atoms with Gasteiger partial charge in [-0.25, -0.2) is 4.39 Å². The summed E-state index contributed by atoms with van der Waals surface area (Å²) in [5, 5.41) is 11.4. The Labute approximate surface area is 106 Å². The molecule has 0 heterocycles. The van der Waals surface area contributed by atoms with Crippen molar-refractivity contribution in [2.75, 3.05) is 6.61 Å². The minimum absolute atomic E-state index is 0.113. The maximum atomic E-state index is 13.3. The molecule has 4 nitrogen and oxygen atoms in total. The summed E-state index contributed by atoms with van der Waals surface area (Å²) in [4.78, 5) is 0. The van der Waals surface area contributed by atoms with Gasteiger partial charge in [0.05, 0.1) is 6.61 Å². The van der Waals surface area contributed by atoms with Crippen molar-refractivity contribution in [3.63, 3.8) is 0 Å². The highest BCUT2D eigenvalue weighted by Crippen LogP contribution is 2.11. The van der Waals surface area contributed by atoms with Gasteiger partial charge in [0, 0.05) is 12.2 Å². The molecular weight excluding hydrogens is 235 g/mol. The molecule has 18 heavy (non-hydrogen) atoms. The molecule has 1 rings (SSSR count). The Balaban J connectivity index is 2.63. The van der Waals surface area contributed by atoms with Crippen LogP contribution in [0.5, 0.6) is 0 Å². The quantitative estimate of drug-likeness (QED) is 0.269. The average Bonchev–Trinajstić information content (AvgIpc) is 2.32. The lowest BCUT2D eigenvalue weighted by Crippen LogP contribution is -2.14. The molecule has 0 bridgehead atoms. The molecule has 1 aromatic rings. The lowest BCUT2D eigenvalue weighted by atomic mass is 10.1. The van der Waals surface area contributed by atoms with E-state index in [2.05, 4.69) is 19.0 Å². The predicted octanol–water partition coefficient (Wildman–Crippen LogP) is 2.48. The first-order valence-corrected chi connectivity index (χ1v) is 5.88. The summed E-state index contributed by atoms with van der Waals surface area (Å²) in [6.45, 7) is 5.17. The van der Waals surface area contributed by atoms with Crippen molar-refractivity contribution in [2.24, 2.45) is 16.8 Å². The zero-order valence-electron chi connectivity index (χ0n) is 10.7. The smallest absolute Gasteiger partial charge is 0.170 e. The van der Waals surface area contributed by atoms with Crippen LogP contribution < -0.4 is 5.73 Å². The minimum atomic E-state index is -0.429. The van der Waals surface area contributed by atoms with E-state index in [1.54, 1.807) is 6.07 Å². The Hall–Kier alpha value is -1.62. The van der Waals surface area contributed by atoms with Crippen molar-refractivity contribution in [1.82, 2.24) is 0 Å². The van der Waals surface area contributed by atoms with Gasteiger partial charge in [-0.2, -0.15) is 0 Å². The molecule has 0 amide bonds. The lowest BCUT2D eigenvalue weighted by Gasteiger charge is -2.08. The summed E-state index contributed by atoms with van der Waals surface area (Å²) in [6.07, 6.45) is 0.961. The Bertz CT molecular complexity index is 419. The van der Waals surface area contributed by atoms with Gasteiger partial charge in [0.1, 0.15) is 5.82 Å². The number of hydrogen-bond donors (Lipinski definition) is 2. The van der Waals surface area contributed by atoms with Gasteiger partial charge in [0.15, 0.2) is 5.84 Å². The Morgan fingerprint density at radius 2 is 2.17 bits per heavy atom. The van der Waals surface area contributed by atoms with E-state index in [4.69, 9.17) is 15.7 Å². The van der Waals surface area contributed by atoms with Gasteiger partial charge in [0.2, 0.25) is 0 Å². The normalized spacial score (nSPS) is 12.1. The highest BCUT2D eigenvalue weighted by Gasteiger charge is 2.05. The highest BCUT2D eigenvalue weighted by atomic mass is 19.1. The third kappa shape index (κ3) is 4.71. The topological polar surface area (TPSA) is 67.8 Å². The Morgan fingerprint density at radius 1 is 1.44 bits per heavy atom. The minimum Gasteiger partial charge on any atom is -0.409 e. The second kappa shape index (κ2) is 6.96. The fraction of sp³-hybridized carbons (Fsp3) is 0.462. The molecular formula is C13H19FN2O2. The molecule has 100 valence electrons. The van der Waals surface area contributed by atoms with Crippen LogP contribution in [-0.2, 0) is 11.3 Å². The zero-order valence-corrected chi connectivity index (χ0v) is 10.7. The number of nitrogens with zero attached hydrogens (tertiary/aromatic N) is 1. The number of benzene rings is 1. The number of nitrogens with two attached hydrogens (primary N) is 1. The molecule has 0 aliphatic heterocycles. The summed E-state index contributed by atoms with van der Waals surface area (Å²) in [6, 6.07) is 4.24. The summed E-state index contributed by atoms with van der Waals surface area (Å²) >= 11 is 0. The van der Waals surface area contributed by atoms with E-state index in [0.717, 1.165) is 6.42 Å². The van der Waals surface area contributed by atoms with Gasteiger partial charge in [-0.15, -0.1) is 0 Å². The van der Waals surface area contributed by atoms with Gasteiger partial charge >= 0.3 is 0 Å². The van der Waals surface area contributed by atoms with Gasteiger partial charge in [-0.1, -0.05) is 19.0 Å². The number of ether oxygens (including phenoxy) is 1. The van der Waals surface area contributed by atoms with E-state index in [1.165, 1.54) is 12.1 Å². The molecule has 0 fully saturated rings. The van der Waals surface area contributed by atoms with Gasteiger partial charge in [-0.3, -0.25) is 0 Å². The summed E-state index contributed by atoms with van der Waals surface area (Å²) in [5.41, 5.74) is 6.43. The van der Waals surface area contributed by atoms with E-state index in [0.29, 0.717) is 30.3 Å². The van der Waals surface area contributed by atoms with Crippen LogP contribution in [0.15, 0.2) is 23.4 Å². The SMILES string of the molecule is CC(C)CCOCc1cc(F)cc(/C(N)=N/O)c1. The lowest BCUT2D eigenvalue weighted by molar-refractivity contribution is 0.110. The summed E-state index contributed by atoms with van der Waals surface area (Å²) in [5.74, 6) is 0.0322. The van der Waals surface area contributed by atoms with Crippen LogP contribution in [0.3, 0.4) is 0 Å². The van der Waals surface area contributed by atoms with Crippen LogP contribution in [0.25, 0.3) is 0 Å². The third-order valence-corrected chi connectivity index (χ3v) is 2.47. The van der Waals surface area contributed by atoms with Crippen molar-refractivity contribution in [3.05, 3.63) is 35.1 Å². The summed E-state index contributed by atoms with van der Waals surface area (Å²) < 4.78 is 18.8. The molecule has 5 heteroatoms. The van der Waals surface area contributed by atoms with Crippen LogP contribution in [0.2, 0.25) is 0 Å². The fourth-order valence-corrected chi connectivity index (χ4v) is 1.45. The van der Waals surface area contributed by atoms with Crippen LogP contribution in [-0.4, -0.2) is 17.6 Å². The zero-order chi connectivity index (χ0) is 13.5. The van der Waals surface area contributed by atoms with Crippen molar-refractivity contribution in [1.29, 1.82) is 0 Å². The first kappa shape index (κ1) is 14.4. The predicted molar refractivity (Wildman–Crippen MR) is 68.0 cm³/mol. The van der Waals surface area contributed by atoms with Gasteiger partial charge < -0.3 is 15.7 Å². The molecule has 0 aromatic heterocycles. The van der Waals surface area contributed by atoms with Crippen molar-refractivity contribution >= 4 is 5.84 Å². The maximum absolute atomic E-state index is 13.3. The number of halogens is 1. The second-order valence-electron chi connectivity index (χ2n) is 4.57. The van der Waals surface area contributed by atoms with Crippen molar-refractivity contribution in [2.45, 2.75) is 26.9 Å². The highest BCUT2D eigenvalue weighted by molar-refractivity contribution is 5.97. The van der Waals surface area contributed by atoms with Crippen molar-refractivity contribution < 1.29 is 14.3 Å². The maximum Gasteiger partial charge on any atom is 0.170 e. The van der Waals surface area contributed by atoms with E-state index in [9.17, 15) is 4.39 Å². The first-order chi connectivity index (χ1) is 8.52. The van der Waals surface area contributed by atoms with E-state index in [-0.39, 0.29) is 5.84 Å². The molecule has 0 aliphatic carbocycles. The van der Waals surface area contributed by atoms with Gasteiger partial charge in [-0.05, 0) is 36.1 Å². The average molecular weight is 254 g/mol. The number of amidine groups is 1. The van der Waals surface area contributed by atoms with E-state index in [1.807, 2.05) is 0 Å². The molecule has 0 spiro atoms. The second-order valence-corrected chi connectivity index (χ2v) is 4.57. The monoisotopic (exact) mass is 254 g/mol. The molecule has 0 saturated carbocycles. The molecule has 0 unspecified atom stereocenters. The van der Waals surface area contributed by atoms with Gasteiger partial charge in [0.25, 0.3) is 0 Å². The van der Waals surface area contributed by atoms with E-state index >= 15 is 0 Å². The van der Waals surface area contributed by atoms with Crippen LogP contribution >= 0.6 is 0 Å². The number of rotatable bonds is 6. The Morgan fingerprint density at radius 3 is 2.78 bits per heavy atom. The first-order valence-electron chi connectivity index (χ1n) is 5.88.